The van der Waals surface area contributed by atoms with Gasteiger partial charge in [0.15, 0.2) is 0 Å². The van der Waals surface area contributed by atoms with Crippen LogP contribution in [0.1, 0.15) is 5.56 Å². The highest BCUT2D eigenvalue weighted by molar-refractivity contribution is 5.66. The van der Waals surface area contributed by atoms with Crippen LogP contribution in [-0.4, -0.2) is 14.2 Å². The highest BCUT2D eigenvalue weighted by Gasteiger charge is 2.16. The molecule has 0 saturated heterocycles. The Morgan fingerprint density at radius 2 is 1.68 bits per heavy atom. The summed E-state index contributed by atoms with van der Waals surface area (Å²) in [5, 5.41) is 18.4. The molecule has 19 heavy (non-hydrogen) atoms. The van der Waals surface area contributed by atoms with E-state index in [9.17, 15) is 14.7 Å². The Morgan fingerprint density at radius 1 is 1.11 bits per heavy atom. The number of aromatic hydroxyl groups is 1. The van der Waals surface area contributed by atoms with E-state index in [4.69, 9.17) is 5.26 Å². The van der Waals surface area contributed by atoms with Crippen molar-refractivity contribution >= 4 is 0 Å². The van der Waals surface area contributed by atoms with E-state index < -0.39 is 11.2 Å². The maximum Gasteiger partial charge on any atom is 0.330 e. The molecule has 1 aromatic carbocycles. The molecule has 0 aliphatic rings. The quantitative estimate of drug-likeness (QED) is 0.797. The molecule has 0 unspecified atom stereocenters. The summed E-state index contributed by atoms with van der Waals surface area (Å²) in [6.45, 7) is 0. The van der Waals surface area contributed by atoms with Gasteiger partial charge in [0.05, 0.1) is 5.69 Å². The van der Waals surface area contributed by atoms with Gasteiger partial charge in [-0.15, -0.1) is 0 Å². The lowest BCUT2D eigenvalue weighted by atomic mass is 10.1. The van der Waals surface area contributed by atoms with Crippen molar-refractivity contribution in [1.29, 1.82) is 5.26 Å². The van der Waals surface area contributed by atoms with E-state index in [1.807, 2.05) is 6.07 Å². The van der Waals surface area contributed by atoms with Crippen LogP contribution in [0.2, 0.25) is 0 Å². The molecular formula is C13H11N3O3. The van der Waals surface area contributed by atoms with Gasteiger partial charge >= 0.3 is 5.69 Å². The molecule has 0 radical (unpaired) electrons. The zero-order valence-corrected chi connectivity index (χ0v) is 10.4. The summed E-state index contributed by atoms with van der Waals surface area (Å²) in [5.74, 6) is 0.0658. The fourth-order valence-corrected chi connectivity index (χ4v) is 1.90. The second-order valence-corrected chi connectivity index (χ2v) is 4.09. The number of hydrogen-bond acceptors (Lipinski definition) is 4. The lowest BCUT2D eigenvalue weighted by Crippen LogP contribution is -2.39. The summed E-state index contributed by atoms with van der Waals surface area (Å²) in [5.41, 5.74) is -0.474. The molecule has 0 amide bonds. The number of nitriles is 1. The fraction of sp³-hybridized carbons (Fsp3) is 0.154. The largest absolute Gasteiger partial charge is 0.508 e. The number of nitrogens with zero attached hydrogens (tertiary/aromatic N) is 3. The van der Waals surface area contributed by atoms with Crippen LogP contribution in [0.5, 0.6) is 5.75 Å². The predicted molar refractivity (Wildman–Crippen MR) is 68.7 cm³/mol. The van der Waals surface area contributed by atoms with E-state index in [1.165, 1.54) is 30.8 Å². The van der Waals surface area contributed by atoms with Crippen LogP contribution in [-0.2, 0) is 14.1 Å². The standard InChI is InChI=1S/C13H11N3O3/c1-15-11(8-3-5-9(17)6-4-8)10(7-14)12(18)16(2)13(15)19/h3-6,17H,1-2H3. The second-order valence-electron chi connectivity index (χ2n) is 4.09. The predicted octanol–water partition coefficient (Wildman–Crippen LogP) is 0.328. The number of phenolic OH excluding ortho intramolecular Hbond substituents is 1. The van der Waals surface area contributed by atoms with Gasteiger partial charge in [0.2, 0.25) is 0 Å². The number of aromatic nitrogens is 2. The number of hydrogen-bond donors (Lipinski definition) is 1. The Kier molecular flexibility index (Phi) is 2.97. The summed E-state index contributed by atoms with van der Waals surface area (Å²) in [4.78, 5) is 23.8. The van der Waals surface area contributed by atoms with Crippen molar-refractivity contribution < 1.29 is 5.11 Å². The molecule has 2 rings (SSSR count). The normalized spacial score (nSPS) is 10.2. The van der Waals surface area contributed by atoms with Crippen molar-refractivity contribution in [2.24, 2.45) is 14.1 Å². The van der Waals surface area contributed by atoms with E-state index in [2.05, 4.69) is 0 Å². The molecule has 0 atom stereocenters. The van der Waals surface area contributed by atoms with Gasteiger partial charge in [0.1, 0.15) is 17.4 Å². The van der Waals surface area contributed by atoms with Crippen molar-refractivity contribution in [3.05, 3.63) is 50.7 Å². The first-order chi connectivity index (χ1) is 8.97. The maximum absolute atomic E-state index is 11.9. The Bertz CT molecular complexity index is 792. The van der Waals surface area contributed by atoms with Crippen LogP contribution < -0.4 is 11.2 Å². The highest BCUT2D eigenvalue weighted by Crippen LogP contribution is 2.21. The third kappa shape index (κ3) is 1.91. The minimum atomic E-state index is -0.631. The van der Waals surface area contributed by atoms with Gasteiger partial charge in [-0.3, -0.25) is 13.9 Å². The van der Waals surface area contributed by atoms with E-state index in [-0.39, 0.29) is 17.0 Å². The van der Waals surface area contributed by atoms with Crippen LogP contribution in [0.15, 0.2) is 33.9 Å². The van der Waals surface area contributed by atoms with E-state index in [1.54, 1.807) is 12.1 Å². The topological polar surface area (TPSA) is 88.0 Å². The number of phenols is 1. The van der Waals surface area contributed by atoms with Gasteiger partial charge in [-0.25, -0.2) is 4.79 Å². The maximum atomic E-state index is 11.9. The summed E-state index contributed by atoms with van der Waals surface area (Å²) in [6.07, 6.45) is 0. The summed E-state index contributed by atoms with van der Waals surface area (Å²) < 4.78 is 2.13. The molecule has 0 spiro atoms. The Hall–Kier alpha value is -2.81. The molecule has 2 aromatic rings. The Morgan fingerprint density at radius 3 is 2.21 bits per heavy atom. The average Bonchev–Trinajstić information content (AvgIpc) is 2.41. The zero-order valence-electron chi connectivity index (χ0n) is 10.4. The van der Waals surface area contributed by atoms with E-state index in [0.717, 1.165) is 4.57 Å². The first-order valence-electron chi connectivity index (χ1n) is 5.47. The van der Waals surface area contributed by atoms with Crippen molar-refractivity contribution in [3.63, 3.8) is 0 Å². The van der Waals surface area contributed by atoms with Crippen LogP contribution >= 0.6 is 0 Å². The third-order valence-electron chi connectivity index (χ3n) is 2.92. The molecule has 6 heteroatoms. The fourth-order valence-electron chi connectivity index (χ4n) is 1.90. The van der Waals surface area contributed by atoms with E-state index >= 15 is 0 Å². The molecule has 0 saturated carbocycles. The zero-order chi connectivity index (χ0) is 14.2. The Balaban J connectivity index is 2.92. The van der Waals surface area contributed by atoms with Crippen LogP contribution in [0, 0.1) is 11.3 Å². The molecule has 1 N–H and O–H groups in total. The first-order valence-corrected chi connectivity index (χ1v) is 5.47. The molecule has 0 bridgehead atoms. The molecule has 6 nitrogen and oxygen atoms in total. The number of rotatable bonds is 1. The van der Waals surface area contributed by atoms with Crippen molar-refractivity contribution in [2.75, 3.05) is 0 Å². The van der Waals surface area contributed by atoms with Crippen molar-refractivity contribution in [1.82, 2.24) is 9.13 Å². The molecule has 1 aromatic heterocycles. The third-order valence-corrected chi connectivity index (χ3v) is 2.92. The highest BCUT2D eigenvalue weighted by atomic mass is 16.3. The monoisotopic (exact) mass is 257 g/mol. The lowest BCUT2D eigenvalue weighted by Gasteiger charge is -2.11. The Labute approximate surface area is 108 Å². The van der Waals surface area contributed by atoms with E-state index in [0.29, 0.717) is 5.56 Å². The summed E-state index contributed by atoms with van der Waals surface area (Å²) in [6, 6.07) is 7.78. The number of benzene rings is 1. The molecule has 0 aliphatic heterocycles. The average molecular weight is 257 g/mol. The summed E-state index contributed by atoms with van der Waals surface area (Å²) >= 11 is 0. The SMILES string of the molecule is Cn1c(-c2ccc(O)cc2)c(C#N)c(=O)n(C)c1=O. The van der Waals surface area contributed by atoms with Gasteiger partial charge in [-0.2, -0.15) is 5.26 Å². The smallest absolute Gasteiger partial charge is 0.330 e. The molecule has 0 fully saturated rings. The molecule has 96 valence electrons. The van der Waals surface area contributed by atoms with Crippen LogP contribution in [0.4, 0.5) is 0 Å². The van der Waals surface area contributed by atoms with Crippen LogP contribution in [0.3, 0.4) is 0 Å². The van der Waals surface area contributed by atoms with Crippen LogP contribution in [0.25, 0.3) is 11.3 Å². The van der Waals surface area contributed by atoms with Crippen molar-refractivity contribution in [2.45, 2.75) is 0 Å². The second kappa shape index (κ2) is 4.46. The lowest BCUT2D eigenvalue weighted by molar-refractivity contribution is 0.475. The van der Waals surface area contributed by atoms with Gasteiger partial charge in [0.25, 0.3) is 5.56 Å². The first kappa shape index (κ1) is 12.6. The van der Waals surface area contributed by atoms with Gasteiger partial charge in [0, 0.05) is 19.7 Å². The van der Waals surface area contributed by atoms with Crippen molar-refractivity contribution in [3.8, 4) is 23.1 Å². The minimum Gasteiger partial charge on any atom is -0.508 e. The van der Waals surface area contributed by atoms with Gasteiger partial charge in [-0.05, 0) is 24.3 Å². The van der Waals surface area contributed by atoms with Gasteiger partial charge < -0.3 is 5.11 Å². The summed E-state index contributed by atoms with van der Waals surface area (Å²) in [7, 11) is 2.82. The minimum absolute atomic E-state index is 0.0658. The molecule has 1 heterocycles. The molecule has 0 aliphatic carbocycles. The van der Waals surface area contributed by atoms with Gasteiger partial charge in [-0.1, -0.05) is 0 Å². The molecular weight excluding hydrogens is 246 g/mol.